The summed E-state index contributed by atoms with van der Waals surface area (Å²) in [5.41, 5.74) is 0.634. The largest absolute Gasteiger partial charge is 0.573 e. The first-order valence-electron chi connectivity index (χ1n) is 9.62. The fourth-order valence-corrected chi connectivity index (χ4v) is 3.77. The molecule has 1 saturated heterocycles. The summed E-state index contributed by atoms with van der Waals surface area (Å²) in [6.45, 7) is 1.83. The number of benzene rings is 2. The summed E-state index contributed by atoms with van der Waals surface area (Å²) in [6, 6.07) is 6.27. The van der Waals surface area contributed by atoms with E-state index in [1.54, 1.807) is 12.3 Å². The maximum Gasteiger partial charge on any atom is 0.573 e. The van der Waals surface area contributed by atoms with E-state index < -0.39 is 34.5 Å². The van der Waals surface area contributed by atoms with Gasteiger partial charge >= 0.3 is 6.36 Å². The Morgan fingerprint density at radius 1 is 1.15 bits per heavy atom. The number of alkyl halides is 3. The third-order valence-corrected chi connectivity index (χ3v) is 5.54. The van der Waals surface area contributed by atoms with Crippen molar-refractivity contribution in [2.45, 2.75) is 25.6 Å². The van der Waals surface area contributed by atoms with Crippen LogP contribution in [0.3, 0.4) is 0 Å². The van der Waals surface area contributed by atoms with Crippen molar-refractivity contribution in [2.75, 3.05) is 24.2 Å². The fourth-order valence-electron chi connectivity index (χ4n) is 2.97. The maximum absolute atomic E-state index is 13.2. The normalized spacial score (nSPS) is 14.7. The molecule has 1 fully saturated rings. The van der Waals surface area contributed by atoms with Gasteiger partial charge < -0.3 is 19.5 Å². The summed E-state index contributed by atoms with van der Waals surface area (Å²) >= 11 is 11.4. The van der Waals surface area contributed by atoms with Crippen LogP contribution in [0.1, 0.15) is 29.6 Å². The third-order valence-electron chi connectivity index (χ3n) is 4.41. The van der Waals surface area contributed by atoms with Crippen molar-refractivity contribution in [3.05, 3.63) is 51.8 Å². The Hall–Kier alpha value is -2.17. The Kier molecular flexibility index (Phi) is 9.69. The molecule has 1 aliphatic heterocycles. The molecule has 1 atom stereocenters. The number of halogens is 6. The van der Waals surface area contributed by atoms with Crippen LogP contribution in [0.25, 0.3) is 0 Å². The molecule has 2 N–H and O–H groups in total. The lowest BCUT2D eigenvalue weighted by Crippen LogP contribution is -2.29. The molecular weight excluding hydrogens is 507 g/mol. The molecular formula is C21H22Cl2F4N2O3S. The van der Waals surface area contributed by atoms with Crippen molar-refractivity contribution in [3.8, 4) is 11.5 Å². The highest BCUT2D eigenvalue weighted by atomic mass is 35.5. The van der Waals surface area contributed by atoms with Crippen LogP contribution in [0.5, 0.6) is 11.5 Å². The molecule has 12 heteroatoms. The minimum atomic E-state index is -4.71. The van der Waals surface area contributed by atoms with Crippen LogP contribution in [-0.4, -0.2) is 42.6 Å². The van der Waals surface area contributed by atoms with Gasteiger partial charge in [-0.3, -0.25) is 4.79 Å². The van der Waals surface area contributed by atoms with Crippen LogP contribution >= 0.6 is 33.9 Å². The van der Waals surface area contributed by atoms with E-state index in [1.807, 2.05) is 0 Å². The van der Waals surface area contributed by atoms with Crippen molar-refractivity contribution in [1.29, 1.82) is 0 Å². The number of carbonyl (C=O) groups is 1. The van der Waals surface area contributed by atoms with Crippen LogP contribution in [0, 0.1) is 5.82 Å². The zero-order valence-electron chi connectivity index (χ0n) is 17.5. The Bertz CT molecular complexity index is 1020. The molecule has 0 bridgehead atoms. The Morgan fingerprint density at radius 2 is 1.79 bits per heavy atom. The Labute approximate surface area is 201 Å². The molecule has 5 nitrogen and oxygen atoms in total. The average Bonchev–Trinajstić information content (AvgIpc) is 2.72. The highest BCUT2D eigenvalue weighted by Gasteiger charge is 2.32. The number of carbonyl (C=O) groups excluding carboxylic acids is 1. The van der Waals surface area contributed by atoms with Crippen LogP contribution < -0.4 is 14.4 Å². The SMILES string of the molecule is C=S(C)NC(=O)c1cc(Cl)c(O)cc1F.FC(F)(F)Oc1ccc(N2CCCCC2)cc1Cl. The van der Waals surface area contributed by atoms with Gasteiger partial charge in [0.2, 0.25) is 0 Å². The lowest BCUT2D eigenvalue weighted by molar-refractivity contribution is -0.274. The van der Waals surface area contributed by atoms with Gasteiger partial charge in [0, 0.05) is 24.8 Å². The molecule has 0 aromatic heterocycles. The number of amides is 1. The zero-order chi connectivity index (χ0) is 24.8. The number of phenols is 1. The number of piperidine rings is 1. The van der Waals surface area contributed by atoms with Gasteiger partial charge in [-0.25, -0.2) is 4.39 Å². The van der Waals surface area contributed by atoms with Crippen LogP contribution in [0.2, 0.25) is 10.0 Å². The molecule has 1 amide bonds. The first-order chi connectivity index (χ1) is 15.4. The smallest absolute Gasteiger partial charge is 0.506 e. The quantitative estimate of drug-likeness (QED) is 0.356. The van der Waals surface area contributed by atoms with E-state index in [2.05, 4.69) is 20.2 Å². The molecule has 1 unspecified atom stereocenters. The minimum absolute atomic E-state index is 0.0181. The second-order valence-electron chi connectivity index (χ2n) is 7.06. The molecule has 3 rings (SSSR count). The summed E-state index contributed by atoms with van der Waals surface area (Å²) in [7, 11) is -0.588. The number of aromatic hydroxyl groups is 1. The standard InChI is InChI=1S/C12H13ClF3NO.C9H9ClFNO2S/c13-10-8-9(17-6-2-1-3-7-17)4-5-11(10)18-12(14,15)16;1-15(2)12-9(14)5-3-6(10)8(13)4-7(5)11/h4-5,8H,1-3,6-7H2;3-4,13H,1H2,2H3,(H,12,14). The highest BCUT2D eigenvalue weighted by Crippen LogP contribution is 2.34. The first kappa shape index (κ1) is 27.1. The zero-order valence-corrected chi connectivity index (χ0v) is 19.8. The van der Waals surface area contributed by atoms with Gasteiger partial charge in [0.25, 0.3) is 5.91 Å². The van der Waals surface area contributed by atoms with Gasteiger partial charge in [-0.1, -0.05) is 29.1 Å². The number of rotatable bonds is 4. The number of hydrogen-bond acceptors (Lipinski definition) is 4. The summed E-state index contributed by atoms with van der Waals surface area (Å²) < 4.78 is 55.8. The Balaban J connectivity index is 0.000000238. The third kappa shape index (κ3) is 8.60. The Morgan fingerprint density at radius 3 is 2.33 bits per heavy atom. The summed E-state index contributed by atoms with van der Waals surface area (Å²) in [5, 5.41) is 8.99. The predicted molar refractivity (Wildman–Crippen MR) is 125 cm³/mol. The molecule has 1 aliphatic rings. The van der Waals surface area contributed by atoms with Crippen molar-refractivity contribution < 1.29 is 32.2 Å². The van der Waals surface area contributed by atoms with Gasteiger partial charge in [-0.15, -0.1) is 23.8 Å². The van der Waals surface area contributed by atoms with E-state index >= 15 is 0 Å². The van der Waals surface area contributed by atoms with Gasteiger partial charge in [-0.2, -0.15) is 0 Å². The van der Waals surface area contributed by atoms with E-state index in [-0.39, 0.29) is 21.4 Å². The summed E-state index contributed by atoms with van der Waals surface area (Å²) in [4.78, 5) is 13.5. The summed E-state index contributed by atoms with van der Waals surface area (Å²) in [6.07, 6.45) is 0.352. The highest BCUT2D eigenvalue weighted by molar-refractivity contribution is 8.12. The van der Waals surface area contributed by atoms with Gasteiger partial charge in [0.05, 0.1) is 15.6 Å². The van der Waals surface area contributed by atoms with Crippen molar-refractivity contribution >= 4 is 51.3 Å². The molecule has 33 heavy (non-hydrogen) atoms. The molecule has 0 spiro atoms. The van der Waals surface area contributed by atoms with E-state index in [1.165, 1.54) is 18.6 Å². The van der Waals surface area contributed by atoms with Crippen LogP contribution in [-0.2, 0) is 0 Å². The van der Waals surface area contributed by atoms with Crippen LogP contribution in [0.15, 0.2) is 30.3 Å². The monoisotopic (exact) mass is 528 g/mol. The molecule has 0 aliphatic carbocycles. The molecule has 2 aromatic carbocycles. The molecule has 0 saturated carbocycles. The summed E-state index contributed by atoms with van der Waals surface area (Å²) in [5.74, 6) is 1.39. The predicted octanol–water partition coefficient (Wildman–Crippen LogP) is 6.39. The second kappa shape index (κ2) is 11.8. The molecule has 182 valence electrons. The lowest BCUT2D eigenvalue weighted by Gasteiger charge is -2.29. The molecule has 2 aromatic rings. The maximum atomic E-state index is 13.2. The first-order valence-corrected chi connectivity index (χ1v) is 12.2. The van der Waals surface area contributed by atoms with Gasteiger partial charge in [0.1, 0.15) is 17.3 Å². The number of ether oxygens (including phenoxy) is 1. The van der Waals surface area contributed by atoms with Crippen molar-refractivity contribution in [1.82, 2.24) is 4.72 Å². The molecule has 1 heterocycles. The number of anilines is 1. The van der Waals surface area contributed by atoms with E-state index in [4.69, 9.17) is 28.3 Å². The van der Waals surface area contributed by atoms with Crippen LogP contribution in [0.4, 0.5) is 23.2 Å². The number of phenolic OH excluding ortho intramolecular Hbond substituents is 1. The van der Waals surface area contributed by atoms with Crippen molar-refractivity contribution in [2.24, 2.45) is 0 Å². The van der Waals surface area contributed by atoms with E-state index in [0.717, 1.165) is 43.8 Å². The average molecular weight is 529 g/mol. The fraction of sp³-hybridized carbons (Fsp3) is 0.333. The lowest BCUT2D eigenvalue weighted by atomic mass is 10.1. The topological polar surface area (TPSA) is 61.8 Å². The number of nitrogens with zero attached hydrogens (tertiary/aromatic N) is 1. The van der Waals surface area contributed by atoms with Gasteiger partial charge in [0.15, 0.2) is 0 Å². The van der Waals surface area contributed by atoms with Crippen molar-refractivity contribution in [3.63, 3.8) is 0 Å². The number of nitrogens with one attached hydrogen (secondary N) is 1. The van der Waals surface area contributed by atoms with Gasteiger partial charge in [-0.05, 0) is 49.8 Å². The second-order valence-corrected chi connectivity index (χ2v) is 9.35. The number of hydrogen-bond donors (Lipinski definition) is 2. The van der Waals surface area contributed by atoms with E-state index in [9.17, 15) is 22.4 Å². The molecule has 0 radical (unpaired) electrons. The van der Waals surface area contributed by atoms with E-state index in [0.29, 0.717) is 0 Å². The minimum Gasteiger partial charge on any atom is -0.506 e.